The molecule has 0 aliphatic rings. The van der Waals surface area contributed by atoms with Crippen LogP contribution in [0.4, 0.5) is 4.79 Å². The summed E-state index contributed by atoms with van der Waals surface area (Å²) in [5.41, 5.74) is 0. The van der Waals surface area contributed by atoms with Crippen LogP contribution in [0.5, 0.6) is 5.75 Å². The number of amides is 1. The Balaban J connectivity index is 2.13. The van der Waals surface area contributed by atoms with Crippen molar-refractivity contribution >= 4 is 27.6 Å². The average molecular weight is 293 g/mol. The van der Waals surface area contributed by atoms with Crippen molar-refractivity contribution in [1.82, 2.24) is 4.90 Å². The van der Waals surface area contributed by atoms with Crippen molar-refractivity contribution < 1.29 is 9.53 Å². The Morgan fingerprint density at radius 1 is 0.909 bits per heavy atom. The monoisotopic (exact) mass is 293 g/mol. The van der Waals surface area contributed by atoms with Gasteiger partial charge in [0.25, 0.3) is 0 Å². The second kappa shape index (κ2) is 6.06. The van der Waals surface area contributed by atoms with Crippen molar-refractivity contribution in [3.63, 3.8) is 0 Å². The minimum Gasteiger partial charge on any atom is -0.410 e. The van der Waals surface area contributed by atoms with E-state index < -0.39 is 0 Å². The van der Waals surface area contributed by atoms with E-state index in [1.807, 2.05) is 44.2 Å². The Morgan fingerprint density at radius 3 is 2.36 bits per heavy atom. The van der Waals surface area contributed by atoms with Gasteiger partial charge in [0.2, 0.25) is 0 Å². The Morgan fingerprint density at radius 2 is 1.59 bits per heavy atom. The molecule has 0 radical (unpaired) electrons. The van der Waals surface area contributed by atoms with Gasteiger partial charge in [-0.25, -0.2) is 4.79 Å². The molecule has 3 nitrogen and oxygen atoms in total. The van der Waals surface area contributed by atoms with Crippen molar-refractivity contribution in [3.05, 3.63) is 54.6 Å². The third-order valence-corrected chi connectivity index (χ3v) is 3.95. The number of carbonyl (C=O) groups excluding carboxylic acids is 1. The van der Waals surface area contributed by atoms with Crippen LogP contribution < -0.4 is 4.74 Å². The van der Waals surface area contributed by atoms with Gasteiger partial charge in [-0.05, 0) is 36.1 Å². The molecule has 0 saturated heterocycles. The van der Waals surface area contributed by atoms with Gasteiger partial charge < -0.3 is 9.64 Å². The molecule has 0 N–H and O–H groups in total. The van der Waals surface area contributed by atoms with E-state index in [0.717, 1.165) is 21.5 Å². The number of ether oxygens (including phenoxy) is 1. The lowest BCUT2D eigenvalue weighted by atomic mass is 10.0. The normalized spacial score (nSPS) is 10.8. The number of carbonyl (C=O) groups is 1. The van der Waals surface area contributed by atoms with Crippen LogP contribution in [-0.4, -0.2) is 24.1 Å². The molecule has 0 bridgehead atoms. The first kappa shape index (κ1) is 14.4. The van der Waals surface area contributed by atoms with Crippen molar-refractivity contribution in [2.24, 2.45) is 0 Å². The second-order valence-corrected chi connectivity index (χ2v) is 5.18. The summed E-state index contributed by atoms with van der Waals surface area (Å²) in [4.78, 5) is 13.9. The highest BCUT2D eigenvalue weighted by molar-refractivity contribution is 6.11. The largest absolute Gasteiger partial charge is 0.415 e. The molecule has 0 aliphatic heterocycles. The minimum atomic E-state index is -0.301. The summed E-state index contributed by atoms with van der Waals surface area (Å²) < 4.78 is 5.67. The number of nitrogens with zero attached hydrogens (tertiary/aromatic N) is 1. The van der Waals surface area contributed by atoms with Gasteiger partial charge in [0.05, 0.1) is 0 Å². The van der Waals surface area contributed by atoms with E-state index in [9.17, 15) is 4.79 Å². The summed E-state index contributed by atoms with van der Waals surface area (Å²) in [6.07, 6.45) is -0.301. The third kappa shape index (κ3) is 2.50. The summed E-state index contributed by atoms with van der Waals surface area (Å²) in [6.45, 7) is 5.17. The maximum Gasteiger partial charge on any atom is 0.415 e. The summed E-state index contributed by atoms with van der Waals surface area (Å²) in [5, 5.41) is 4.30. The number of rotatable bonds is 3. The zero-order valence-corrected chi connectivity index (χ0v) is 12.9. The molecule has 0 unspecified atom stereocenters. The molecule has 0 fully saturated rings. The first-order chi connectivity index (χ1) is 10.7. The fourth-order valence-corrected chi connectivity index (χ4v) is 2.75. The van der Waals surface area contributed by atoms with Crippen LogP contribution >= 0.6 is 0 Å². The predicted molar refractivity (Wildman–Crippen MR) is 90.4 cm³/mol. The number of hydrogen-bond acceptors (Lipinski definition) is 2. The highest BCUT2D eigenvalue weighted by Gasteiger charge is 2.14. The van der Waals surface area contributed by atoms with Crippen molar-refractivity contribution in [2.75, 3.05) is 13.1 Å². The molecule has 0 aromatic heterocycles. The Kier molecular flexibility index (Phi) is 3.96. The zero-order valence-electron chi connectivity index (χ0n) is 12.9. The number of hydrogen-bond donors (Lipinski definition) is 0. The molecule has 0 saturated carbocycles. The smallest absolute Gasteiger partial charge is 0.410 e. The molecule has 1 amide bonds. The van der Waals surface area contributed by atoms with E-state index >= 15 is 0 Å². The minimum absolute atomic E-state index is 0.301. The van der Waals surface area contributed by atoms with E-state index in [1.54, 1.807) is 4.90 Å². The molecule has 3 heteroatoms. The maximum absolute atomic E-state index is 12.3. The van der Waals surface area contributed by atoms with Crippen LogP contribution in [0.1, 0.15) is 13.8 Å². The van der Waals surface area contributed by atoms with Gasteiger partial charge in [-0.3, -0.25) is 0 Å². The van der Waals surface area contributed by atoms with Crippen LogP contribution in [0.2, 0.25) is 0 Å². The number of fused-ring (bicyclic) bond motifs is 3. The lowest BCUT2D eigenvalue weighted by Crippen LogP contribution is -2.33. The van der Waals surface area contributed by atoms with Crippen molar-refractivity contribution in [3.8, 4) is 5.75 Å². The van der Waals surface area contributed by atoms with E-state index in [0.29, 0.717) is 18.8 Å². The van der Waals surface area contributed by atoms with Crippen LogP contribution in [0, 0.1) is 0 Å². The molecule has 22 heavy (non-hydrogen) atoms. The predicted octanol–water partition coefficient (Wildman–Crippen LogP) is 4.83. The molecule has 0 aliphatic carbocycles. The fourth-order valence-electron chi connectivity index (χ4n) is 2.75. The summed E-state index contributed by atoms with van der Waals surface area (Å²) in [6, 6.07) is 18.1. The van der Waals surface area contributed by atoms with E-state index in [-0.39, 0.29) is 6.09 Å². The highest BCUT2D eigenvalue weighted by Crippen LogP contribution is 2.33. The Labute approximate surface area is 130 Å². The van der Waals surface area contributed by atoms with Crippen molar-refractivity contribution in [1.29, 1.82) is 0 Å². The van der Waals surface area contributed by atoms with E-state index in [1.165, 1.54) is 0 Å². The average Bonchev–Trinajstić information content (AvgIpc) is 2.56. The quantitative estimate of drug-likeness (QED) is 0.647. The van der Waals surface area contributed by atoms with Gasteiger partial charge in [-0.2, -0.15) is 0 Å². The molecule has 3 aromatic carbocycles. The first-order valence-corrected chi connectivity index (χ1v) is 7.61. The number of benzene rings is 3. The van der Waals surface area contributed by atoms with Gasteiger partial charge in [0, 0.05) is 18.5 Å². The van der Waals surface area contributed by atoms with Gasteiger partial charge in [-0.15, -0.1) is 0 Å². The van der Waals surface area contributed by atoms with E-state index in [4.69, 9.17) is 4.74 Å². The fraction of sp³-hybridized carbons (Fsp3) is 0.211. The lowest BCUT2D eigenvalue weighted by Gasteiger charge is -2.19. The lowest BCUT2D eigenvalue weighted by molar-refractivity contribution is 0.158. The zero-order chi connectivity index (χ0) is 15.5. The molecular formula is C19H19NO2. The van der Waals surface area contributed by atoms with Gasteiger partial charge in [-0.1, -0.05) is 48.5 Å². The molecule has 112 valence electrons. The Hall–Kier alpha value is -2.55. The van der Waals surface area contributed by atoms with Crippen molar-refractivity contribution in [2.45, 2.75) is 13.8 Å². The van der Waals surface area contributed by atoms with Gasteiger partial charge in [0.1, 0.15) is 5.75 Å². The second-order valence-electron chi connectivity index (χ2n) is 5.18. The standard InChI is InChI=1S/C19H19NO2/c1-3-20(4-2)19(21)22-17-11-7-9-15-13-12-14-8-5-6-10-16(14)18(15)17/h5-13H,3-4H2,1-2H3. The van der Waals surface area contributed by atoms with Gasteiger partial charge in [0.15, 0.2) is 0 Å². The Bertz CT molecular complexity index is 822. The van der Waals surface area contributed by atoms with Crippen LogP contribution in [0.3, 0.4) is 0 Å². The topological polar surface area (TPSA) is 29.5 Å². The summed E-state index contributed by atoms with van der Waals surface area (Å²) in [7, 11) is 0. The first-order valence-electron chi connectivity index (χ1n) is 7.61. The SMILES string of the molecule is CCN(CC)C(=O)Oc1cccc2ccc3ccccc3c12. The van der Waals surface area contributed by atoms with Crippen LogP contribution in [0.25, 0.3) is 21.5 Å². The molecular weight excluding hydrogens is 274 g/mol. The molecule has 3 rings (SSSR count). The van der Waals surface area contributed by atoms with Gasteiger partial charge >= 0.3 is 6.09 Å². The molecule has 0 heterocycles. The maximum atomic E-state index is 12.3. The molecule has 0 spiro atoms. The van der Waals surface area contributed by atoms with E-state index in [2.05, 4.69) is 24.3 Å². The molecule has 3 aromatic rings. The van der Waals surface area contributed by atoms with Crippen LogP contribution in [0.15, 0.2) is 54.6 Å². The molecule has 0 atom stereocenters. The third-order valence-electron chi connectivity index (χ3n) is 3.95. The summed E-state index contributed by atoms with van der Waals surface area (Å²) >= 11 is 0. The highest BCUT2D eigenvalue weighted by atomic mass is 16.6. The summed E-state index contributed by atoms with van der Waals surface area (Å²) in [5.74, 6) is 0.617. The van der Waals surface area contributed by atoms with Crippen LogP contribution in [-0.2, 0) is 0 Å².